The van der Waals surface area contributed by atoms with Crippen molar-refractivity contribution >= 4 is 15.9 Å². The second kappa shape index (κ2) is 4.17. The molecule has 0 fully saturated rings. The van der Waals surface area contributed by atoms with Crippen LogP contribution in [0.15, 0.2) is 35.2 Å². The fraction of sp³-hybridized carbons (Fsp3) is 0.143. The second-order valence-electron chi connectivity index (χ2n) is 1.61. The summed E-state index contributed by atoms with van der Waals surface area (Å²) in [4.78, 5) is 0. The summed E-state index contributed by atoms with van der Waals surface area (Å²) in [6.45, 7) is 6.81. The van der Waals surface area contributed by atoms with Crippen molar-refractivity contribution in [1.82, 2.24) is 0 Å². The Bertz CT molecular complexity index is 182. The molecule has 0 aliphatic carbocycles. The highest BCUT2D eigenvalue weighted by molar-refractivity contribution is 9.11. The molecule has 10 heavy (non-hydrogen) atoms. The van der Waals surface area contributed by atoms with Gasteiger partial charge in [-0.15, -0.1) is 0 Å². The molecule has 0 unspecified atom stereocenters. The first kappa shape index (κ1) is 9.30. The minimum Gasteiger partial charge on any atom is -0.508 e. The number of allylic oxidation sites excluding steroid dienone is 2. The molecule has 0 aromatic rings. The molecule has 0 radical (unpaired) electrons. The molecular weight excluding hydrogens is 196 g/mol. The normalized spacial score (nSPS) is 10.8. The molecule has 0 amide bonds. The highest BCUT2D eigenvalue weighted by Crippen LogP contribution is 2.15. The van der Waals surface area contributed by atoms with Crippen molar-refractivity contribution in [3.8, 4) is 0 Å². The van der Waals surface area contributed by atoms with Gasteiger partial charge in [-0.05, 0) is 15.9 Å². The summed E-state index contributed by atoms with van der Waals surface area (Å²) in [6.07, 6.45) is 1.37. The highest BCUT2D eigenvalue weighted by Gasteiger charge is 1.97. The van der Waals surface area contributed by atoms with Crippen LogP contribution in [0.4, 0.5) is 0 Å². The largest absolute Gasteiger partial charge is 0.508 e. The monoisotopic (exact) mass is 204 g/mol. The standard InChI is InChI=1S/C7H9BrO2/c1-5(9)4-7(10-3)6(2)8/h4,9H,1-2H2,3H3/b7-4+. The van der Waals surface area contributed by atoms with Gasteiger partial charge in [0.2, 0.25) is 0 Å². The van der Waals surface area contributed by atoms with Gasteiger partial charge in [0.1, 0.15) is 11.5 Å². The Kier molecular flexibility index (Phi) is 3.88. The van der Waals surface area contributed by atoms with E-state index >= 15 is 0 Å². The van der Waals surface area contributed by atoms with E-state index in [1.807, 2.05) is 0 Å². The molecule has 2 nitrogen and oxygen atoms in total. The molecule has 1 N–H and O–H groups in total. The molecule has 0 bridgehead atoms. The van der Waals surface area contributed by atoms with Gasteiger partial charge in [0.05, 0.1) is 11.6 Å². The van der Waals surface area contributed by atoms with Crippen molar-refractivity contribution in [2.45, 2.75) is 0 Å². The van der Waals surface area contributed by atoms with Crippen molar-refractivity contribution < 1.29 is 9.84 Å². The third-order valence-corrected chi connectivity index (χ3v) is 1.18. The molecule has 0 spiro atoms. The van der Waals surface area contributed by atoms with Gasteiger partial charge in [-0.2, -0.15) is 0 Å². The molecule has 0 heterocycles. The lowest BCUT2D eigenvalue weighted by molar-refractivity contribution is 0.301. The van der Waals surface area contributed by atoms with Crippen LogP contribution < -0.4 is 0 Å². The molecule has 0 aromatic heterocycles. The topological polar surface area (TPSA) is 29.5 Å². The van der Waals surface area contributed by atoms with Crippen LogP contribution in [0.25, 0.3) is 0 Å². The molecule has 0 aliphatic rings. The predicted octanol–water partition coefficient (Wildman–Crippen LogP) is 2.50. The molecule has 0 aromatic carbocycles. The SMILES string of the molecule is C=C(O)/C=C(/OC)C(=C)Br. The average molecular weight is 205 g/mol. The Morgan fingerprint density at radius 3 is 2.20 bits per heavy atom. The van der Waals surface area contributed by atoms with E-state index in [-0.39, 0.29) is 5.76 Å². The first-order chi connectivity index (χ1) is 4.57. The summed E-state index contributed by atoms with van der Waals surface area (Å²) in [5.41, 5.74) is 0. The van der Waals surface area contributed by atoms with Crippen LogP contribution in [0.1, 0.15) is 0 Å². The van der Waals surface area contributed by atoms with Gasteiger partial charge < -0.3 is 9.84 Å². The summed E-state index contributed by atoms with van der Waals surface area (Å²) < 4.78 is 5.39. The molecular formula is C7H9BrO2. The Morgan fingerprint density at radius 1 is 1.60 bits per heavy atom. The van der Waals surface area contributed by atoms with E-state index in [4.69, 9.17) is 9.84 Å². The molecule has 3 heteroatoms. The van der Waals surface area contributed by atoms with Crippen molar-refractivity contribution in [3.05, 3.63) is 35.2 Å². The van der Waals surface area contributed by atoms with Crippen molar-refractivity contribution in [2.75, 3.05) is 7.11 Å². The maximum Gasteiger partial charge on any atom is 0.136 e. The Balaban J connectivity index is 4.34. The van der Waals surface area contributed by atoms with Gasteiger partial charge >= 0.3 is 0 Å². The van der Waals surface area contributed by atoms with Gasteiger partial charge in [-0.1, -0.05) is 13.2 Å². The Hall–Kier alpha value is -0.700. The van der Waals surface area contributed by atoms with E-state index in [9.17, 15) is 0 Å². The summed E-state index contributed by atoms with van der Waals surface area (Å²) in [6, 6.07) is 0. The van der Waals surface area contributed by atoms with Crippen LogP contribution in [-0.4, -0.2) is 12.2 Å². The van der Waals surface area contributed by atoms with Gasteiger partial charge in [-0.25, -0.2) is 0 Å². The van der Waals surface area contributed by atoms with Gasteiger partial charge in [-0.3, -0.25) is 0 Å². The van der Waals surface area contributed by atoms with E-state index in [1.165, 1.54) is 13.2 Å². The zero-order valence-electron chi connectivity index (χ0n) is 5.72. The summed E-state index contributed by atoms with van der Waals surface area (Å²) in [5, 5.41) is 8.69. The fourth-order valence-electron chi connectivity index (χ4n) is 0.399. The van der Waals surface area contributed by atoms with Crippen LogP contribution in [-0.2, 0) is 4.74 Å². The quantitative estimate of drug-likeness (QED) is 0.566. The molecule has 56 valence electrons. The van der Waals surface area contributed by atoms with Crippen LogP contribution in [0.2, 0.25) is 0 Å². The summed E-state index contributed by atoms with van der Waals surface area (Å²) >= 11 is 3.09. The lowest BCUT2D eigenvalue weighted by Crippen LogP contribution is -1.85. The lowest BCUT2D eigenvalue weighted by Gasteiger charge is -2.01. The van der Waals surface area contributed by atoms with Crippen LogP contribution in [0.3, 0.4) is 0 Å². The Morgan fingerprint density at radius 2 is 2.10 bits per heavy atom. The number of rotatable bonds is 3. The predicted molar refractivity (Wildman–Crippen MR) is 44.9 cm³/mol. The van der Waals surface area contributed by atoms with Crippen molar-refractivity contribution in [2.24, 2.45) is 0 Å². The molecule has 0 saturated carbocycles. The number of hydrogen-bond donors (Lipinski definition) is 1. The van der Waals surface area contributed by atoms with E-state index < -0.39 is 0 Å². The molecule has 0 rings (SSSR count). The smallest absolute Gasteiger partial charge is 0.136 e. The van der Waals surface area contributed by atoms with Gasteiger partial charge in [0.15, 0.2) is 0 Å². The van der Waals surface area contributed by atoms with Gasteiger partial charge in [0.25, 0.3) is 0 Å². The first-order valence-electron chi connectivity index (χ1n) is 2.56. The average Bonchev–Trinajstić information content (AvgIpc) is 1.81. The van der Waals surface area contributed by atoms with Crippen molar-refractivity contribution in [3.63, 3.8) is 0 Å². The molecule has 0 saturated heterocycles. The maximum atomic E-state index is 8.69. The number of ether oxygens (including phenoxy) is 1. The van der Waals surface area contributed by atoms with Crippen LogP contribution >= 0.6 is 15.9 Å². The van der Waals surface area contributed by atoms with Gasteiger partial charge in [0, 0.05) is 6.08 Å². The lowest BCUT2D eigenvalue weighted by atomic mass is 10.4. The number of aliphatic hydroxyl groups excluding tert-OH is 1. The summed E-state index contributed by atoms with van der Waals surface area (Å²) in [5.74, 6) is 0.407. The third-order valence-electron chi connectivity index (χ3n) is 0.785. The molecule has 0 aliphatic heterocycles. The zero-order valence-corrected chi connectivity index (χ0v) is 7.31. The van der Waals surface area contributed by atoms with Crippen LogP contribution in [0.5, 0.6) is 0 Å². The molecule has 0 atom stereocenters. The van der Waals surface area contributed by atoms with Crippen molar-refractivity contribution in [1.29, 1.82) is 0 Å². The minimum atomic E-state index is -0.0579. The number of methoxy groups -OCH3 is 1. The number of halogens is 1. The fourth-order valence-corrected chi connectivity index (χ4v) is 0.676. The van der Waals surface area contributed by atoms with Crippen LogP contribution in [0, 0.1) is 0 Å². The third kappa shape index (κ3) is 3.35. The van der Waals surface area contributed by atoms with E-state index in [2.05, 4.69) is 29.1 Å². The van der Waals surface area contributed by atoms with E-state index in [1.54, 1.807) is 0 Å². The van der Waals surface area contributed by atoms with E-state index in [0.717, 1.165) is 0 Å². The van der Waals surface area contributed by atoms with E-state index in [0.29, 0.717) is 10.2 Å². The second-order valence-corrected chi connectivity index (χ2v) is 2.57. The summed E-state index contributed by atoms with van der Waals surface area (Å²) in [7, 11) is 1.49. The zero-order chi connectivity index (χ0) is 8.15. The number of hydrogen-bond acceptors (Lipinski definition) is 2. The Labute approximate surface area is 68.6 Å². The first-order valence-corrected chi connectivity index (χ1v) is 3.35. The highest BCUT2D eigenvalue weighted by atomic mass is 79.9. The maximum absolute atomic E-state index is 8.69. The minimum absolute atomic E-state index is 0.0579. The number of aliphatic hydroxyl groups is 1.